The lowest BCUT2D eigenvalue weighted by Crippen LogP contribution is -2.09. The van der Waals surface area contributed by atoms with Crippen LogP contribution in [0.1, 0.15) is 28.5 Å². The molecule has 1 atom stereocenters. The van der Waals surface area contributed by atoms with Crippen LogP contribution in [0.15, 0.2) is 12.1 Å². The molecule has 2 heterocycles. The molecule has 2 rings (SSSR count). The van der Waals surface area contributed by atoms with Gasteiger partial charge in [-0.15, -0.1) is 0 Å². The third kappa shape index (κ3) is 2.07. The van der Waals surface area contributed by atoms with Gasteiger partial charge in [0.25, 0.3) is 0 Å². The van der Waals surface area contributed by atoms with Crippen LogP contribution in [0.5, 0.6) is 0 Å². The average Bonchev–Trinajstić information content (AvgIpc) is 2.71. The highest BCUT2D eigenvalue weighted by molar-refractivity contribution is 7.99. The standard InChI is InChI=1S/C10H12N2O2S/c11-7-1-2-8(6-3-4-15-5-6)12-9(7)10(13)14/h1-2,6H,3-5,11H2,(H,13,14). The second-order valence-corrected chi connectivity index (χ2v) is 4.69. The van der Waals surface area contributed by atoms with Crippen LogP contribution in [-0.2, 0) is 0 Å². The highest BCUT2D eigenvalue weighted by Gasteiger charge is 2.20. The number of anilines is 1. The Balaban J connectivity index is 2.33. The molecule has 1 aromatic heterocycles. The summed E-state index contributed by atoms with van der Waals surface area (Å²) < 4.78 is 0. The summed E-state index contributed by atoms with van der Waals surface area (Å²) in [5.74, 6) is 1.48. The molecule has 1 aliphatic heterocycles. The molecule has 0 aromatic carbocycles. The minimum absolute atomic E-state index is 0.0237. The van der Waals surface area contributed by atoms with E-state index >= 15 is 0 Å². The molecule has 1 unspecified atom stereocenters. The minimum atomic E-state index is -1.06. The molecule has 0 bridgehead atoms. The number of hydrogen-bond acceptors (Lipinski definition) is 4. The number of aromatic carboxylic acids is 1. The summed E-state index contributed by atoms with van der Waals surface area (Å²) in [7, 11) is 0. The fourth-order valence-electron chi connectivity index (χ4n) is 1.65. The van der Waals surface area contributed by atoms with Crippen molar-refractivity contribution in [1.29, 1.82) is 0 Å². The molecule has 5 heteroatoms. The van der Waals surface area contributed by atoms with Crippen molar-refractivity contribution in [3.63, 3.8) is 0 Å². The van der Waals surface area contributed by atoms with E-state index in [1.807, 2.05) is 17.8 Å². The van der Waals surface area contributed by atoms with Crippen molar-refractivity contribution in [3.05, 3.63) is 23.5 Å². The smallest absolute Gasteiger partial charge is 0.356 e. The van der Waals surface area contributed by atoms with Gasteiger partial charge in [0.1, 0.15) is 0 Å². The van der Waals surface area contributed by atoms with E-state index in [-0.39, 0.29) is 11.4 Å². The van der Waals surface area contributed by atoms with Gasteiger partial charge >= 0.3 is 5.97 Å². The molecule has 1 aromatic rings. The normalized spacial score (nSPS) is 20.4. The summed E-state index contributed by atoms with van der Waals surface area (Å²) in [4.78, 5) is 15.0. The van der Waals surface area contributed by atoms with Gasteiger partial charge in [0, 0.05) is 17.4 Å². The van der Waals surface area contributed by atoms with Crippen LogP contribution in [0.4, 0.5) is 5.69 Å². The Morgan fingerprint density at radius 1 is 1.60 bits per heavy atom. The van der Waals surface area contributed by atoms with Gasteiger partial charge in [0.2, 0.25) is 0 Å². The summed E-state index contributed by atoms with van der Waals surface area (Å²) >= 11 is 1.88. The number of carboxylic acid groups (broad SMARTS) is 1. The maximum absolute atomic E-state index is 10.8. The van der Waals surface area contributed by atoms with E-state index in [0.29, 0.717) is 5.92 Å². The zero-order valence-electron chi connectivity index (χ0n) is 8.14. The quantitative estimate of drug-likeness (QED) is 0.797. The van der Waals surface area contributed by atoms with E-state index in [1.165, 1.54) is 0 Å². The van der Waals surface area contributed by atoms with Crippen LogP contribution >= 0.6 is 11.8 Å². The summed E-state index contributed by atoms with van der Waals surface area (Å²) in [6, 6.07) is 3.47. The van der Waals surface area contributed by atoms with E-state index in [9.17, 15) is 4.79 Å². The topological polar surface area (TPSA) is 76.2 Å². The number of nitrogen functional groups attached to an aromatic ring is 1. The Morgan fingerprint density at radius 3 is 3.00 bits per heavy atom. The van der Waals surface area contributed by atoms with Crippen molar-refractivity contribution >= 4 is 23.4 Å². The number of carboxylic acids is 1. The number of nitrogens with two attached hydrogens (primary N) is 1. The van der Waals surface area contributed by atoms with Crippen LogP contribution in [0.25, 0.3) is 0 Å². The molecular weight excluding hydrogens is 212 g/mol. The Bertz CT molecular complexity index is 389. The van der Waals surface area contributed by atoms with Crippen LogP contribution < -0.4 is 5.73 Å². The minimum Gasteiger partial charge on any atom is -0.476 e. The predicted octanol–water partition coefficient (Wildman–Crippen LogP) is 1.58. The number of pyridine rings is 1. The molecule has 0 saturated carbocycles. The molecule has 0 amide bonds. The number of aromatic nitrogens is 1. The van der Waals surface area contributed by atoms with E-state index in [2.05, 4.69) is 4.98 Å². The van der Waals surface area contributed by atoms with Crippen molar-refractivity contribution in [1.82, 2.24) is 4.98 Å². The van der Waals surface area contributed by atoms with E-state index in [1.54, 1.807) is 6.07 Å². The van der Waals surface area contributed by atoms with Gasteiger partial charge in [-0.05, 0) is 24.3 Å². The molecule has 1 aliphatic rings. The Labute approximate surface area is 91.9 Å². The highest BCUT2D eigenvalue weighted by Crippen LogP contribution is 2.31. The van der Waals surface area contributed by atoms with Crippen molar-refractivity contribution < 1.29 is 9.90 Å². The van der Waals surface area contributed by atoms with Gasteiger partial charge in [0.05, 0.1) is 5.69 Å². The van der Waals surface area contributed by atoms with Gasteiger partial charge in [0.15, 0.2) is 5.69 Å². The zero-order valence-corrected chi connectivity index (χ0v) is 8.96. The first kappa shape index (κ1) is 10.3. The lowest BCUT2D eigenvalue weighted by atomic mass is 10.0. The number of hydrogen-bond donors (Lipinski definition) is 2. The maximum Gasteiger partial charge on any atom is 0.356 e. The first-order valence-electron chi connectivity index (χ1n) is 4.76. The molecule has 1 saturated heterocycles. The first-order chi connectivity index (χ1) is 7.18. The largest absolute Gasteiger partial charge is 0.476 e. The lowest BCUT2D eigenvalue weighted by Gasteiger charge is -2.09. The molecule has 3 N–H and O–H groups in total. The van der Waals surface area contributed by atoms with E-state index < -0.39 is 5.97 Å². The Kier molecular flexibility index (Phi) is 2.81. The maximum atomic E-state index is 10.8. The van der Waals surface area contributed by atoms with Crippen molar-refractivity contribution in [2.24, 2.45) is 0 Å². The van der Waals surface area contributed by atoms with Gasteiger partial charge in [-0.1, -0.05) is 0 Å². The Morgan fingerprint density at radius 2 is 2.40 bits per heavy atom. The van der Waals surface area contributed by atoms with Gasteiger partial charge in [-0.2, -0.15) is 11.8 Å². The van der Waals surface area contributed by atoms with Crippen LogP contribution in [-0.4, -0.2) is 27.6 Å². The van der Waals surface area contributed by atoms with E-state index in [0.717, 1.165) is 23.6 Å². The molecular formula is C10H12N2O2S. The third-order valence-corrected chi connectivity index (χ3v) is 3.66. The predicted molar refractivity (Wildman–Crippen MR) is 60.3 cm³/mol. The number of thioether (sulfide) groups is 1. The lowest BCUT2D eigenvalue weighted by molar-refractivity contribution is 0.0691. The highest BCUT2D eigenvalue weighted by atomic mass is 32.2. The average molecular weight is 224 g/mol. The first-order valence-corrected chi connectivity index (χ1v) is 5.91. The molecule has 1 fully saturated rings. The van der Waals surface area contributed by atoms with Gasteiger partial charge in [-0.3, -0.25) is 0 Å². The number of rotatable bonds is 2. The molecule has 15 heavy (non-hydrogen) atoms. The third-order valence-electron chi connectivity index (χ3n) is 2.50. The SMILES string of the molecule is Nc1ccc(C2CCSC2)nc1C(=O)O. The summed E-state index contributed by atoms with van der Waals surface area (Å²) in [6.07, 6.45) is 1.07. The van der Waals surface area contributed by atoms with E-state index in [4.69, 9.17) is 10.8 Å². The van der Waals surface area contributed by atoms with Crippen LogP contribution in [0.3, 0.4) is 0 Å². The van der Waals surface area contributed by atoms with Crippen LogP contribution in [0, 0.1) is 0 Å². The Hall–Kier alpha value is -1.23. The molecule has 0 radical (unpaired) electrons. The summed E-state index contributed by atoms with van der Waals surface area (Å²) in [5, 5.41) is 8.89. The molecule has 0 spiro atoms. The number of carbonyl (C=O) groups is 1. The molecule has 4 nitrogen and oxygen atoms in total. The fraction of sp³-hybridized carbons (Fsp3) is 0.400. The molecule has 0 aliphatic carbocycles. The fourth-order valence-corrected chi connectivity index (χ4v) is 2.89. The van der Waals surface area contributed by atoms with Crippen molar-refractivity contribution in [3.8, 4) is 0 Å². The second kappa shape index (κ2) is 4.10. The zero-order chi connectivity index (χ0) is 10.8. The summed E-state index contributed by atoms with van der Waals surface area (Å²) in [5.41, 5.74) is 6.60. The van der Waals surface area contributed by atoms with Gasteiger partial charge < -0.3 is 10.8 Å². The van der Waals surface area contributed by atoms with Gasteiger partial charge in [-0.25, -0.2) is 9.78 Å². The molecule has 80 valence electrons. The van der Waals surface area contributed by atoms with Crippen molar-refractivity contribution in [2.45, 2.75) is 12.3 Å². The second-order valence-electron chi connectivity index (χ2n) is 3.54. The summed E-state index contributed by atoms with van der Waals surface area (Å²) in [6.45, 7) is 0. The van der Waals surface area contributed by atoms with Crippen molar-refractivity contribution in [2.75, 3.05) is 17.2 Å². The monoisotopic (exact) mass is 224 g/mol. The van der Waals surface area contributed by atoms with Crippen LogP contribution in [0.2, 0.25) is 0 Å². The number of nitrogens with zero attached hydrogens (tertiary/aromatic N) is 1.